The van der Waals surface area contributed by atoms with Crippen molar-refractivity contribution in [2.24, 2.45) is 5.92 Å². The van der Waals surface area contributed by atoms with Crippen LogP contribution in [0, 0.1) is 5.92 Å². The molecule has 0 heterocycles. The van der Waals surface area contributed by atoms with E-state index in [2.05, 4.69) is 29.1 Å². The van der Waals surface area contributed by atoms with Crippen LogP contribution in [0.3, 0.4) is 0 Å². The third-order valence-corrected chi connectivity index (χ3v) is 2.83. The predicted molar refractivity (Wildman–Crippen MR) is 46.0 cm³/mol. The fourth-order valence-corrected chi connectivity index (χ4v) is 1.36. The van der Waals surface area contributed by atoms with Gasteiger partial charge in [0.25, 0.3) is 0 Å². The fourth-order valence-electron chi connectivity index (χ4n) is 0.396. The van der Waals surface area contributed by atoms with Crippen molar-refractivity contribution in [3.63, 3.8) is 0 Å². The molecular formula is C6H13BrS. The average molecular weight is 197 g/mol. The zero-order chi connectivity index (χ0) is 6.41. The highest BCUT2D eigenvalue weighted by Gasteiger charge is 1.96. The quantitative estimate of drug-likeness (QED) is 0.624. The predicted octanol–water partition coefficient (Wildman–Crippen LogP) is 2.77. The van der Waals surface area contributed by atoms with Gasteiger partial charge in [0.2, 0.25) is 0 Å². The van der Waals surface area contributed by atoms with Crippen LogP contribution in [0.15, 0.2) is 0 Å². The Morgan fingerprint density at radius 3 is 2.62 bits per heavy atom. The molecule has 0 aliphatic carbocycles. The minimum Gasteiger partial charge on any atom is -0.165 e. The second-order valence-electron chi connectivity index (χ2n) is 2.04. The third kappa shape index (κ3) is 4.98. The molecule has 0 spiro atoms. The Hall–Kier alpha value is 0.830. The Balaban J connectivity index is 2.86. The van der Waals surface area contributed by atoms with Crippen LogP contribution in [0.2, 0.25) is 0 Å². The van der Waals surface area contributed by atoms with E-state index in [9.17, 15) is 0 Å². The Morgan fingerprint density at radius 1 is 1.62 bits per heavy atom. The minimum atomic E-state index is 0.849. The first kappa shape index (κ1) is 8.83. The maximum Gasteiger partial charge on any atom is 0.00573 e. The minimum absolute atomic E-state index is 0.849. The van der Waals surface area contributed by atoms with Gasteiger partial charge in [-0.15, -0.1) is 0 Å². The highest BCUT2D eigenvalue weighted by atomic mass is 79.9. The third-order valence-electron chi connectivity index (χ3n) is 1.08. The van der Waals surface area contributed by atoms with Gasteiger partial charge in [0, 0.05) is 5.33 Å². The van der Waals surface area contributed by atoms with Gasteiger partial charge in [-0.2, -0.15) is 11.8 Å². The summed E-state index contributed by atoms with van der Waals surface area (Å²) >= 11 is 5.36. The summed E-state index contributed by atoms with van der Waals surface area (Å²) in [6, 6.07) is 0. The van der Waals surface area contributed by atoms with Crippen molar-refractivity contribution in [3.05, 3.63) is 0 Å². The first-order chi connectivity index (χ1) is 3.81. The van der Waals surface area contributed by atoms with Gasteiger partial charge in [-0.3, -0.25) is 0 Å². The number of hydrogen-bond acceptors (Lipinski definition) is 1. The van der Waals surface area contributed by atoms with E-state index in [0.717, 1.165) is 11.2 Å². The fraction of sp³-hybridized carbons (Fsp3) is 1.00. The largest absolute Gasteiger partial charge is 0.165 e. The van der Waals surface area contributed by atoms with Crippen LogP contribution >= 0.6 is 27.7 Å². The molecule has 8 heavy (non-hydrogen) atoms. The maximum atomic E-state index is 3.44. The highest BCUT2D eigenvalue weighted by molar-refractivity contribution is 9.09. The second kappa shape index (κ2) is 5.96. The van der Waals surface area contributed by atoms with Gasteiger partial charge in [-0.05, 0) is 24.3 Å². The molecule has 0 bridgehead atoms. The van der Waals surface area contributed by atoms with Crippen molar-refractivity contribution >= 4 is 27.7 Å². The van der Waals surface area contributed by atoms with Gasteiger partial charge in [-0.25, -0.2) is 0 Å². The van der Waals surface area contributed by atoms with Gasteiger partial charge >= 0.3 is 0 Å². The summed E-state index contributed by atoms with van der Waals surface area (Å²) in [5.41, 5.74) is 0. The van der Waals surface area contributed by atoms with Crippen molar-refractivity contribution < 1.29 is 0 Å². The van der Waals surface area contributed by atoms with E-state index in [1.54, 1.807) is 0 Å². The molecule has 0 saturated carbocycles. The van der Waals surface area contributed by atoms with E-state index in [0.29, 0.717) is 0 Å². The molecule has 0 nitrogen and oxygen atoms in total. The van der Waals surface area contributed by atoms with Crippen LogP contribution < -0.4 is 0 Å². The van der Waals surface area contributed by atoms with Crippen molar-refractivity contribution in [3.8, 4) is 0 Å². The van der Waals surface area contributed by atoms with Crippen molar-refractivity contribution in [1.82, 2.24) is 0 Å². The molecule has 1 atom stereocenters. The lowest BCUT2D eigenvalue weighted by molar-refractivity contribution is 0.648. The molecule has 0 aromatic rings. The topological polar surface area (TPSA) is 0 Å². The Bertz CT molecular complexity index is 47.8. The van der Waals surface area contributed by atoms with E-state index >= 15 is 0 Å². The van der Waals surface area contributed by atoms with E-state index in [1.807, 2.05) is 11.8 Å². The highest BCUT2D eigenvalue weighted by Crippen LogP contribution is 2.08. The standard InChI is InChI=1S/C6H13BrS/c1-6(5-7)3-4-8-2/h6H,3-5H2,1-2H3. The summed E-state index contributed by atoms with van der Waals surface area (Å²) in [5, 5.41) is 1.15. The summed E-state index contributed by atoms with van der Waals surface area (Å²) < 4.78 is 0. The molecule has 2 heteroatoms. The van der Waals surface area contributed by atoms with Crippen LogP contribution in [0.1, 0.15) is 13.3 Å². The van der Waals surface area contributed by atoms with Crippen molar-refractivity contribution in [2.45, 2.75) is 13.3 Å². The van der Waals surface area contributed by atoms with E-state index < -0.39 is 0 Å². The van der Waals surface area contributed by atoms with E-state index in [1.165, 1.54) is 12.2 Å². The molecule has 0 aromatic heterocycles. The van der Waals surface area contributed by atoms with Crippen LogP contribution in [0.5, 0.6) is 0 Å². The number of thioether (sulfide) groups is 1. The zero-order valence-corrected chi connectivity index (χ0v) is 7.89. The molecular weight excluding hydrogens is 184 g/mol. The summed E-state index contributed by atoms with van der Waals surface area (Å²) in [6.45, 7) is 2.27. The molecule has 0 saturated heterocycles. The molecule has 0 aliphatic heterocycles. The Morgan fingerprint density at radius 2 is 2.25 bits per heavy atom. The molecule has 0 amide bonds. The van der Waals surface area contributed by atoms with Crippen molar-refractivity contribution in [2.75, 3.05) is 17.3 Å². The Labute approximate surface area is 64.6 Å². The Kier molecular flexibility index (Phi) is 6.58. The SMILES string of the molecule is CSCCC(C)CBr. The molecule has 0 aliphatic rings. The van der Waals surface area contributed by atoms with Gasteiger partial charge in [0.15, 0.2) is 0 Å². The molecule has 0 rings (SSSR count). The summed E-state index contributed by atoms with van der Waals surface area (Å²) in [4.78, 5) is 0. The smallest absolute Gasteiger partial charge is 0.00573 e. The summed E-state index contributed by atoms with van der Waals surface area (Å²) in [5.74, 6) is 2.15. The molecule has 0 N–H and O–H groups in total. The average Bonchev–Trinajstić information content (AvgIpc) is 1.83. The number of hydrogen-bond donors (Lipinski definition) is 0. The zero-order valence-electron chi connectivity index (χ0n) is 5.48. The number of alkyl halides is 1. The first-order valence-electron chi connectivity index (χ1n) is 2.86. The van der Waals surface area contributed by atoms with Gasteiger partial charge in [-0.1, -0.05) is 22.9 Å². The van der Waals surface area contributed by atoms with Crippen LogP contribution in [0.4, 0.5) is 0 Å². The maximum absolute atomic E-state index is 3.44. The monoisotopic (exact) mass is 196 g/mol. The number of halogens is 1. The van der Waals surface area contributed by atoms with Crippen LogP contribution in [0.25, 0.3) is 0 Å². The second-order valence-corrected chi connectivity index (χ2v) is 3.67. The molecule has 0 fully saturated rings. The van der Waals surface area contributed by atoms with Crippen LogP contribution in [-0.2, 0) is 0 Å². The van der Waals surface area contributed by atoms with Crippen LogP contribution in [-0.4, -0.2) is 17.3 Å². The van der Waals surface area contributed by atoms with Gasteiger partial charge in [0.1, 0.15) is 0 Å². The van der Waals surface area contributed by atoms with E-state index in [-0.39, 0.29) is 0 Å². The summed E-state index contributed by atoms with van der Waals surface area (Å²) in [7, 11) is 0. The van der Waals surface area contributed by atoms with Gasteiger partial charge in [0.05, 0.1) is 0 Å². The lowest BCUT2D eigenvalue weighted by Crippen LogP contribution is -1.96. The van der Waals surface area contributed by atoms with Gasteiger partial charge < -0.3 is 0 Å². The van der Waals surface area contributed by atoms with Crippen molar-refractivity contribution in [1.29, 1.82) is 0 Å². The van der Waals surface area contributed by atoms with E-state index in [4.69, 9.17) is 0 Å². The first-order valence-corrected chi connectivity index (χ1v) is 5.37. The number of rotatable bonds is 4. The molecule has 0 aromatic carbocycles. The molecule has 0 radical (unpaired) electrons. The molecule has 1 unspecified atom stereocenters. The lowest BCUT2D eigenvalue weighted by Gasteiger charge is -2.03. The normalized spacial score (nSPS) is 13.9. The molecule has 50 valence electrons. The lowest BCUT2D eigenvalue weighted by atomic mass is 10.2. The summed E-state index contributed by atoms with van der Waals surface area (Å²) in [6.07, 6.45) is 3.49.